The molecule has 0 saturated carbocycles. The molecule has 0 fully saturated rings. The molecule has 0 aliphatic heterocycles. The van der Waals surface area contributed by atoms with Gasteiger partial charge < -0.3 is 4.90 Å². The van der Waals surface area contributed by atoms with Gasteiger partial charge in [0, 0.05) is 21.9 Å². The van der Waals surface area contributed by atoms with Gasteiger partial charge in [-0.25, -0.2) is 0 Å². The van der Waals surface area contributed by atoms with E-state index in [0.717, 1.165) is 0 Å². The molecule has 1 aliphatic rings. The van der Waals surface area contributed by atoms with Crippen LogP contribution in [0.1, 0.15) is 30.5 Å². The number of fused-ring (bicyclic) bond motifs is 5. The van der Waals surface area contributed by atoms with Crippen LogP contribution in [0.2, 0.25) is 0 Å². The molecule has 0 saturated heterocycles. The molecule has 0 amide bonds. The summed E-state index contributed by atoms with van der Waals surface area (Å²) in [7, 11) is 0. The molecule has 0 radical (unpaired) electrons. The van der Waals surface area contributed by atoms with Crippen LogP contribution in [0.4, 0.5) is 17.1 Å². The Balaban J connectivity index is 1.52. The van der Waals surface area contributed by atoms with E-state index >= 15 is 0 Å². The maximum Gasteiger partial charge on any atom is 0.0540 e. The van der Waals surface area contributed by atoms with Gasteiger partial charge in [0.25, 0.3) is 0 Å². The van der Waals surface area contributed by atoms with Crippen molar-refractivity contribution in [3.8, 4) is 11.1 Å². The number of aryl methyl sites for hydroxylation is 1. The summed E-state index contributed by atoms with van der Waals surface area (Å²) in [6, 6.07) is 44.6. The van der Waals surface area contributed by atoms with E-state index in [4.69, 9.17) is 0 Å². The molecule has 0 spiro atoms. The zero-order chi connectivity index (χ0) is 25.1. The van der Waals surface area contributed by atoms with Crippen molar-refractivity contribution in [1.82, 2.24) is 0 Å². The van der Waals surface area contributed by atoms with Crippen LogP contribution in [-0.2, 0) is 5.41 Å². The van der Waals surface area contributed by atoms with E-state index in [2.05, 4.69) is 147 Å². The Morgan fingerprint density at radius 2 is 1.03 bits per heavy atom. The maximum atomic E-state index is 2.45. The highest BCUT2D eigenvalue weighted by Crippen LogP contribution is 2.51. The van der Waals surface area contributed by atoms with Crippen molar-refractivity contribution in [2.45, 2.75) is 26.2 Å². The normalized spacial score (nSPS) is 13.5. The van der Waals surface area contributed by atoms with Crippen molar-refractivity contribution < 1.29 is 0 Å². The second kappa shape index (κ2) is 8.08. The van der Waals surface area contributed by atoms with Crippen LogP contribution in [0.15, 0.2) is 121 Å². The fourth-order valence-electron chi connectivity index (χ4n) is 6.19. The molecule has 7 rings (SSSR count). The van der Waals surface area contributed by atoms with Gasteiger partial charge in [-0.05, 0) is 64.2 Å². The topological polar surface area (TPSA) is 3.24 Å². The molecule has 1 nitrogen and oxygen atoms in total. The van der Waals surface area contributed by atoms with Gasteiger partial charge in [0.2, 0.25) is 0 Å². The number of hydrogen-bond acceptors (Lipinski definition) is 1. The standard InChI is InChI=1S/C36H29N/c1-24-18-20-30-31-21-19-27(23-33(31)36(2,3)32(30)22-24)37(34-16-8-12-25-10-4-6-14-28(25)34)35-17-9-13-26-11-5-7-15-29(26)35/h4-23H,1-3H3. The van der Waals surface area contributed by atoms with Crippen molar-refractivity contribution in [2.24, 2.45) is 0 Å². The highest BCUT2D eigenvalue weighted by atomic mass is 15.1. The first-order valence-electron chi connectivity index (χ1n) is 13.0. The number of anilines is 3. The van der Waals surface area contributed by atoms with E-state index in [1.54, 1.807) is 0 Å². The quantitative estimate of drug-likeness (QED) is 0.246. The Hall–Kier alpha value is -4.36. The molecular formula is C36H29N. The van der Waals surface area contributed by atoms with Crippen molar-refractivity contribution >= 4 is 38.6 Å². The van der Waals surface area contributed by atoms with Crippen LogP contribution in [0.5, 0.6) is 0 Å². The van der Waals surface area contributed by atoms with Gasteiger partial charge >= 0.3 is 0 Å². The monoisotopic (exact) mass is 475 g/mol. The number of hydrogen-bond donors (Lipinski definition) is 0. The highest BCUT2D eigenvalue weighted by Gasteiger charge is 2.36. The highest BCUT2D eigenvalue weighted by molar-refractivity contribution is 6.05. The summed E-state index contributed by atoms with van der Waals surface area (Å²) in [5.74, 6) is 0. The first kappa shape index (κ1) is 21.9. The predicted octanol–water partition coefficient (Wildman–Crippen LogP) is 10.1. The lowest BCUT2D eigenvalue weighted by Crippen LogP contribution is -2.17. The van der Waals surface area contributed by atoms with Gasteiger partial charge in [0.05, 0.1) is 11.4 Å². The summed E-state index contributed by atoms with van der Waals surface area (Å²) in [6.45, 7) is 6.91. The summed E-state index contributed by atoms with van der Waals surface area (Å²) in [5.41, 5.74) is 10.3. The predicted molar refractivity (Wildman–Crippen MR) is 158 cm³/mol. The van der Waals surface area contributed by atoms with Crippen LogP contribution >= 0.6 is 0 Å². The molecule has 0 unspecified atom stereocenters. The van der Waals surface area contributed by atoms with Gasteiger partial charge in [-0.15, -0.1) is 0 Å². The van der Waals surface area contributed by atoms with E-state index in [1.165, 1.54) is 66.4 Å². The molecule has 0 heterocycles. The average Bonchev–Trinajstić information content (AvgIpc) is 3.15. The van der Waals surface area contributed by atoms with Crippen LogP contribution < -0.4 is 4.90 Å². The summed E-state index contributed by atoms with van der Waals surface area (Å²) in [4.78, 5) is 2.45. The minimum absolute atomic E-state index is 0.0596. The molecule has 0 N–H and O–H groups in total. The molecule has 1 heteroatoms. The third kappa shape index (κ3) is 3.31. The molecule has 0 aromatic heterocycles. The Labute approximate surface area is 218 Å². The third-order valence-corrected chi connectivity index (χ3v) is 8.09. The van der Waals surface area contributed by atoms with E-state index in [-0.39, 0.29) is 5.41 Å². The molecule has 0 bridgehead atoms. The van der Waals surface area contributed by atoms with Gasteiger partial charge in [-0.3, -0.25) is 0 Å². The van der Waals surface area contributed by atoms with Gasteiger partial charge in [-0.2, -0.15) is 0 Å². The largest absolute Gasteiger partial charge is 0.309 e. The van der Waals surface area contributed by atoms with Crippen LogP contribution in [0.25, 0.3) is 32.7 Å². The van der Waals surface area contributed by atoms with Crippen molar-refractivity contribution in [2.75, 3.05) is 4.90 Å². The van der Waals surface area contributed by atoms with Crippen molar-refractivity contribution in [3.05, 3.63) is 138 Å². The second-order valence-corrected chi connectivity index (χ2v) is 10.7. The van der Waals surface area contributed by atoms with Gasteiger partial charge in [0.15, 0.2) is 0 Å². The number of rotatable bonds is 3. The lowest BCUT2D eigenvalue weighted by Gasteiger charge is -2.30. The Bertz CT molecular complexity index is 1740. The molecule has 1 aliphatic carbocycles. The summed E-state index contributed by atoms with van der Waals surface area (Å²) in [5, 5.41) is 4.98. The molecule has 0 atom stereocenters. The van der Waals surface area contributed by atoms with E-state index in [1.807, 2.05) is 0 Å². The third-order valence-electron chi connectivity index (χ3n) is 8.09. The minimum Gasteiger partial charge on any atom is -0.309 e. The van der Waals surface area contributed by atoms with E-state index in [0.29, 0.717) is 0 Å². The molecule has 37 heavy (non-hydrogen) atoms. The van der Waals surface area contributed by atoms with Crippen LogP contribution in [0.3, 0.4) is 0 Å². The maximum absolute atomic E-state index is 2.45. The lowest BCUT2D eigenvalue weighted by atomic mass is 9.82. The van der Waals surface area contributed by atoms with E-state index in [9.17, 15) is 0 Å². The minimum atomic E-state index is -0.0596. The summed E-state index contributed by atoms with van der Waals surface area (Å²) in [6.07, 6.45) is 0. The molecule has 6 aromatic carbocycles. The smallest absolute Gasteiger partial charge is 0.0540 e. The van der Waals surface area contributed by atoms with Crippen molar-refractivity contribution in [3.63, 3.8) is 0 Å². The lowest BCUT2D eigenvalue weighted by molar-refractivity contribution is 0.660. The average molecular weight is 476 g/mol. The van der Waals surface area contributed by atoms with E-state index < -0.39 is 0 Å². The van der Waals surface area contributed by atoms with Gasteiger partial charge in [-0.1, -0.05) is 116 Å². The first-order chi connectivity index (χ1) is 18.0. The zero-order valence-electron chi connectivity index (χ0n) is 21.5. The second-order valence-electron chi connectivity index (χ2n) is 10.7. The number of benzene rings is 6. The van der Waals surface area contributed by atoms with Crippen LogP contribution in [0, 0.1) is 6.92 Å². The first-order valence-corrected chi connectivity index (χ1v) is 13.0. The summed E-state index contributed by atoms with van der Waals surface area (Å²) < 4.78 is 0. The fraction of sp³-hybridized carbons (Fsp3) is 0.111. The molecule has 6 aromatic rings. The molecule has 178 valence electrons. The fourth-order valence-corrected chi connectivity index (χ4v) is 6.19. The van der Waals surface area contributed by atoms with Crippen molar-refractivity contribution in [1.29, 1.82) is 0 Å². The van der Waals surface area contributed by atoms with Gasteiger partial charge in [0.1, 0.15) is 0 Å². The zero-order valence-corrected chi connectivity index (χ0v) is 21.5. The Morgan fingerprint density at radius 1 is 0.514 bits per heavy atom. The SMILES string of the molecule is Cc1ccc2c(c1)C(C)(C)c1cc(N(c3cccc4ccccc34)c3cccc4ccccc34)ccc1-2. The number of nitrogens with zero attached hydrogens (tertiary/aromatic N) is 1. The molecular weight excluding hydrogens is 446 g/mol. The Morgan fingerprint density at radius 3 is 1.65 bits per heavy atom. The van der Waals surface area contributed by atoms with Crippen LogP contribution in [-0.4, -0.2) is 0 Å². The summed E-state index contributed by atoms with van der Waals surface area (Å²) >= 11 is 0. The Kier molecular flexibility index (Phi) is 4.78.